The Morgan fingerprint density at radius 1 is 1.32 bits per heavy atom. The highest BCUT2D eigenvalue weighted by atomic mass is 32.2. The second-order valence-electron chi connectivity index (χ2n) is 7.98. The van der Waals surface area contributed by atoms with Gasteiger partial charge < -0.3 is 24.4 Å². The van der Waals surface area contributed by atoms with Gasteiger partial charge in [-0.05, 0) is 31.0 Å². The number of aryl methyl sites for hydroxylation is 1. The molecular weight excluding hydrogens is 605 g/mol. The number of oxime groups is 1. The number of esters is 1. The lowest BCUT2D eigenvalue weighted by atomic mass is 10.0. The molecule has 2 unspecified atom stereocenters. The number of hydrogen-bond donors (Lipinski definition) is 1. The van der Waals surface area contributed by atoms with Crippen LogP contribution in [0, 0.1) is 6.92 Å². The van der Waals surface area contributed by atoms with Crippen LogP contribution in [0.15, 0.2) is 31.7 Å². The van der Waals surface area contributed by atoms with Crippen molar-refractivity contribution in [3.63, 3.8) is 0 Å². The molecule has 0 aliphatic carbocycles. The molecule has 0 spiro atoms. The van der Waals surface area contributed by atoms with Gasteiger partial charge in [0, 0.05) is 23.8 Å². The molecule has 0 aromatic carbocycles. The largest absolute Gasteiger partial charge is 0.511 e. The molecule has 0 saturated carbocycles. The van der Waals surface area contributed by atoms with Gasteiger partial charge in [0.1, 0.15) is 35.7 Å². The van der Waals surface area contributed by atoms with E-state index in [0.29, 0.717) is 32.9 Å². The Kier molecular flexibility index (Phi) is 9.99. The quantitative estimate of drug-likeness (QED) is 0.0959. The SMILES string of the molecule is CCOC(=O)OC(C)OC(=O)C1=C(CSc2nc(C)ns2)CS[C@@H]2C(NC(=O)/C(=N/OC)c3cscn3)C(=O)N12. The maximum atomic E-state index is 13.3. The molecule has 0 bridgehead atoms. The van der Waals surface area contributed by atoms with E-state index < -0.39 is 41.6 Å². The molecule has 2 aromatic rings. The van der Waals surface area contributed by atoms with Crippen molar-refractivity contribution in [2.75, 3.05) is 25.2 Å². The van der Waals surface area contributed by atoms with E-state index in [4.69, 9.17) is 19.0 Å². The molecule has 2 aromatic heterocycles. The van der Waals surface area contributed by atoms with Crippen LogP contribution in [0.25, 0.3) is 0 Å². The van der Waals surface area contributed by atoms with Crippen molar-refractivity contribution in [1.29, 1.82) is 0 Å². The molecule has 18 heteroatoms. The van der Waals surface area contributed by atoms with Crippen LogP contribution in [-0.2, 0) is 33.4 Å². The van der Waals surface area contributed by atoms with Gasteiger partial charge in [0.2, 0.25) is 6.29 Å². The van der Waals surface area contributed by atoms with Gasteiger partial charge in [0.15, 0.2) is 10.1 Å². The molecule has 1 fully saturated rings. The van der Waals surface area contributed by atoms with Crippen LogP contribution in [0.3, 0.4) is 0 Å². The van der Waals surface area contributed by atoms with Crippen LogP contribution in [0.4, 0.5) is 4.79 Å². The molecule has 2 aliphatic heterocycles. The third-order valence-electron chi connectivity index (χ3n) is 5.28. The summed E-state index contributed by atoms with van der Waals surface area (Å²) in [7, 11) is 1.30. The molecule has 3 atom stereocenters. The molecule has 4 heterocycles. The highest BCUT2D eigenvalue weighted by Crippen LogP contribution is 2.42. The molecule has 14 nitrogen and oxygen atoms in total. The van der Waals surface area contributed by atoms with Gasteiger partial charge in [0.25, 0.3) is 11.8 Å². The highest BCUT2D eigenvalue weighted by Gasteiger charge is 2.55. The van der Waals surface area contributed by atoms with Gasteiger partial charge >= 0.3 is 12.1 Å². The second kappa shape index (κ2) is 13.4. The van der Waals surface area contributed by atoms with Gasteiger partial charge in [-0.15, -0.1) is 23.1 Å². The molecule has 1 saturated heterocycles. The number of thiazole rings is 1. The van der Waals surface area contributed by atoms with Gasteiger partial charge in [0.05, 0.1) is 12.1 Å². The number of aromatic nitrogens is 3. The Bertz CT molecular complexity index is 1330. The van der Waals surface area contributed by atoms with Crippen LogP contribution in [-0.4, -0.2) is 91.8 Å². The topological polar surface area (TPSA) is 172 Å². The molecule has 2 amide bonds. The number of carbonyl (C=O) groups is 4. The minimum Gasteiger partial charge on any atom is -0.435 e. The van der Waals surface area contributed by atoms with Crippen molar-refractivity contribution >= 4 is 76.0 Å². The normalized spacial score (nSPS) is 19.4. The van der Waals surface area contributed by atoms with Gasteiger partial charge in [-0.2, -0.15) is 4.37 Å². The summed E-state index contributed by atoms with van der Waals surface area (Å²) in [5.41, 5.74) is 2.40. The molecule has 1 N–H and O–H groups in total. The lowest BCUT2D eigenvalue weighted by Gasteiger charge is -2.49. The van der Waals surface area contributed by atoms with Crippen LogP contribution in [0.5, 0.6) is 0 Å². The summed E-state index contributed by atoms with van der Waals surface area (Å²) >= 11 is 5.26. The van der Waals surface area contributed by atoms with Crippen LogP contribution in [0.2, 0.25) is 0 Å². The van der Waals surface area contributed by atoms with E-state index in [0.717, 1.165) is 0 Å². The van der Waals surface area contributed by atoms with E-state index in [-0.39, 0.29) is 18.0 Å². The zero-order chi connectivity index (χ0) is 28.8. The van der Waals surface area contributed by atoms with Crippen molar-refractivity contribution in [1.82, 2.24) is 24.6 Å². The highest BCUT2D eigenvalue weighted by molar-refractivity contribution is 8.01. The summed E-state index contributed by atoms with van der Waals surface area (Å²) < 4.78 is 19.9. The predicted octanol–water partition coefficient (Wildman–Crippen LogP) is 2.16. The number of thioether (sulfide) groups is 2. The average molecular weight is 629 g/mol. The van der Waals surface area contributed by atoms with Crippen LogP contribution in [0.1, 0.15) is 25.4 Å². The van der Waals surface area contributed by atoms with E-state index in [1.165, 1.54) is 65.3 Å². The summed E-state index contributed by atoms with van der Waals surface area (Å²) in [5, 5.41) is 7.47. The maximum Gasteiger partial charge on any atom is 0.511 e. The lowest BCUT2D eigenvalue weighted by Crippen LogP contribution is -2.71. The number of ether oxygens (including phenoxy) is 3. The Morgan fingerprint density at radius 2 is 2.12 bits per heavy atom. The van der Waals surface area contributed by atoms with Crippen molar-refractivity contribution in [2.24, 2.45) is 5.16 Å². The zero-order valence-corrected chi connectivity index (χ0v) is 24.9. The fourth-order valence-electron chi connectivity index (χ4n) is 3.62. The van der Waals surface area contributed by atoms with E-state index in [2.05, 4.69) is 24.8 Å². The summed E-state index contributed by atoms with van der Waals surface area (Å²) in [6.45, 7) is 4.83. The van der Waals surface area contributed by atoms with Crippen molar-refractivity contribution < 1.29 is 38.2 Å². The molecule has 40 heavy (non-hydrogen) atoms. The summed E-state index contributed by atoms with van der Waals surface area (Å²) in [6, 6.07) is -0.936. The molecule has 2 aliphatic rings. The number of carbonyl (C=O) groups excluding carboxylic acids is 4. The maximum absolute atomic E-state index is 13.3. The van der Waals surface area contributed by atoms with Gasteiger partial charge in [-0.3, -0.25) is 14.5 Å². The third-order valence-corrected chi connectivity index (χ3v) is 9.21. The van der Waals surface area contributed by atoms with E-state index >= 15 is 0 Å². The fraction of sp³-hybridized carbons (Fsp3) is 0.455. The third kappa shape index (κ3) is 6.73. The van der Waals surface area contributed by atoms with Crippen molar-refractivity contribution in [2.45, 2.75) is 42.8 Å². The smallest absolute Gasteiger partial charge is 0.435 e. The Morgan fingerprint density at radius 3 is 2.77 bits per heavy atom. The van der Waals surface area contributed by atoms with Crippen LogP contribution < -0.4 is 5.32 Å². The second-order valence-corrected chi connectivity index (χ2v) is 11.8. The standard InChI is InChI=1S/C22H24N6O8S4/c1-5-34-22(32)36-11(3)35-20(31)16-12(7-39-21-24-10(2)27-40-21)6-38-19-15(18(30)28(16)19)25-17(29)14(26-33-4)13-8-37-9-23-13/h8-9,11,15,19H,5-7H2,1-4H3,(H,25,29)/b26-14+/t11?,15?,19-/m1/s1. The molecule has 4 rings (SSSR count). The average Bonchev–Trinajstić information content (AvgIpc) is 3.60. The van der Waals surface area contributed by atoms with Crippen molar-refractivity contribution in [3.05, 3.63) is 33.7 Å². The molecule has 214 valence electrons. The Labute approximate surface area is 245 Å². The zero-order valence-electron chi connectivity index (χ0n) is 21.6. The number of hydrogen-bond acceptors (Lipinski definition) is 16. The number of β-lactam (4-membered cyclic amide) rings is 1. The Hall–Kier alpha value is -3.22. The first kappa shape index (κ1) is 29.8. The predicted molar refractivity (Wildman–Crippen MR) is 147 cm³/mol. The van der Waals surface area contributed by atoms with E-state index in [1.807, 2.05) is 0 Å². The number of nitrogens with zero attached hydrogens (tertiary/aromatic N) is 5. The van der Waals surface area contributed by atoms with Gasteiger partial charge in [-0.1, -0.05) is 16.9 Å². The van der Waals surface area contributed by atoms with E-state index in [9.17, 15) is 19.2 Å². The number of amides is 2. The first-order valence-electron chi connectivity index (χ1n) is 11.7. The monoisotopic (exact) mass is 628 g/mol. The number of nitrogens with one attached hydrogen (secondary N) is 1. The summed E-state index contributed by atoms with van der Waals surface area (Å²) in [5.74, 6) is -0.678. The lowest BCUT2D eigenvalue weighted by molar-refractivity contribution is -0.168. The molecule has 0 radical (unpaired) electrons. The first-order valence-corrected chi connectivity index (χ1v) is 15.4. The fourth-order valence-corrected chi connectivity index (χ4v) is 7.29. The van der Waals surface area contributed by atoms with Gasteiger partial charge in [-0.25, -0.2) is 19.6 Å². The summed E-state index contributed by atoms with van der Waals surface area (Å²) in [6.07, 6.45) is -2.27. The minimum absolute atomic E-state index is 0.0255. The summed E-state index contributed by atoms with van der Waals surface area (Å²) in [4.78, 5) is 65.7. The minimum atomic E-state index is -1.27. The van der Waals surface area contributed by atoms with Crippen LogP contribution >= 0.6 is 46.4 Å². The Balaban J connectivity index is 1.53. The first-order chi connectivity index (χ1) is 19.2. The molecular formula is C22H24N6O8S4. The van der Waals surface area contributed by atoms with Crippen molar-refractivity contribution in [3.8, 4) is 0 Å². The van der Waals surface area contributed by atoms with E-state index in [1.54, 1.807) is 24.7 Å². The number of rotatable bonds is 11. The number of fused-ring (bicyclic) bond motifs is 1.